The molecule has 0 aliphatic carbocycles. The second-order valence-electron chi connectivity index (χ2n) is 45.1. The quantitative estimate of drug-likeness (QED) is 0.127. The topological polar surface area (TPSA) is 38.7 Å². The highest BCUT2D eigenvalue weighted by atomic mass is 35.5. The Hall–Kier alpha value is -8.99. The molecule has 650 valence electrons. The van der Waals surface area contributed by atoms with Gasteiger partial charge in [0.1, 0.15) is 20.0 Å². The van der Waals surface area contributed by atoms with Crippen LogP contribution < -0.4 is 36.1 Å². The minimum absolute atomic E-state index is 0.00120. The van der Waals surface area contributed by atoms with Crippen LogP contribution in [-0.2, 0) is 65.0 Å². The zero-order valence-corrected chi connectivity index (χ0v) is 82.0. The Morgan fingerprint density at radius 1 is 0.306 bits per heavy atom. The minimum Gasteiger partial charge on any atom is -0.311 e. The van der Waals surface area contributed by atoms with Gasteiger partial charge in [0.15, 0.2) is 0 Å². The smallest absolute Gasteiger partial charge is 0.276 e. The van der Waals surface area contributed by atoms with Gasteiger partial charge < -0.3 is 14.7 Å². The molecule has 0 amide bonds. The zero-order valence-electron chi connectivity index (χ0n) is 112. The number of rotatable bonds is 10. The van der Waals surface area contributed by atoms with Crippen LogP contribution in [0.4, 0.5) is 66.9 Å². The Morgan fingerprint density at radius 2 is 0.661 bits per heavy atom. The first-order valence-electron chi connectivity index (χ1n) is 58.6. The molecule has 124 heavy (non-hydrogen) atoms. The summed E-state index contributed by atoms with van der Waals surface area (Å²) in [7, 11) is 0. The van der Waals surface area contributed by atoms with Gasteiger partial charge in [0, 0.05) is 56.6 Å². The van der Waals surface area contributed by atoms with Crippen molar-refractivity contribution in [2.75, 3.05) is 19.6 Å². The Labute approximate surface area is 806 Å². The van der Waals surface area contributed by atoms with Crippen LogP contribution in [0.3, 0.4) is 0 Å². The van der Waals surface area contributed by atoms with Crippen LogP contribution in [0.1, 0.15) is 360 Å². The summed E-state index contributed by atoms with van der Waals surface area (Å²) in [5.41, 5.74) is -11.3. The van der Waals surface area contributed by atoms with Gasteiger partial charge in [-0.3, -0.25) is 4.90 Å². The number of fused-ring (bicyclic) bond motifs is 4. The van der Waals surface area contributed by atoms with Gasteiger partial charge in [-0.1, -0.05) is 392 Å². The van der Waals surface area contributed by atoms with Crippen LogP contribution >= 0.6 is 34.3 Å². The number of thiazole rings is 2. The summed E-state index contributed by atoms with van der Waals surface area (Å²) in [4.78, 5) is 15.3. The molecule has 0 fully saturated rings. The molecule has 6 nitrogen and oxygen atoms in total. The fourth-order valence-electron chi connectivity index (χ4n) is 13.6. The highest BCUT2D eigenvalue weighted by Gasteiger charge is 2.48. The monoisotopic (exact) mass is 1740 g/mol. The molecule has 0 spiro atoms. The van der Waals surface area contributed by atoms with E-state index < -0.39 is 143 Å². The first kappa shape index (κ1) is 59.1. The molecule has 0 atom stereocenters. The van der Waals surface area contributed by atoms with Gasteiger partial charge in [0.25, 0.3) is 6.71 Å². The average Bonchev–Trinajstić information content (AvgIpc) is 1.45. The molecule has 0 radical (unpaired) electrons. The van der Waals surface area contributed by atoms with Gasteiger partial charge in [0.05, 0.1) is 72.1 Å². The van der Waals surface area contributed by atoms with Crippen molar-refractivity contribution in [1.29, 1.82) is 0 Å². The number of nitrogens with zero attached hydrogens (tertiary/aromatic N) is 6. The molecule has 0 saturated carbocycles. The van der Waals surface area contributed by atoms with Crippen molar-refractivity contribution >= 4 is 124 Å². The lowest BCUT2D eigenvalue weighted by Crippen LogP contribution is -2.62. The van der Waals surface area contributed by atoms with E-state index in [1.807, 2.05) is 104 Å². The van der Waals surface area contributed by atoms with Crippen LogP contribution in [0.2, 0.25) is 5.02 Å². The van der Waals surface area contributed by atoms with Crippen molar-refractivity contribution in [3.63, 3.8) is 0 Å². The first-order chi connectivity index (χ1) is 70.4. The Balaban J connectivity index is 0.000000258. The van der Waals surface area contributed by atoms with E-state index >= 15 is 0 Å². The van der Waals surface area contributed by atoms with Crippen LogP contribution in [0, 0.1) is 0 Å². The minimum atomic E-state index is -1.35. The molecule has 2 aromatic heterocycles. The lowest BCUT2D eigenvalue weighted by atomic mass is 9.35. The van der Waals surface area contributed by atoms with Crippen molar-refractivity contribution in [3.05, 3.63) is 277 Å². The zero-order chi connectivity index (χ0) is 119. The Bertz CT molecular complexity index is 7790. The van der Waals surface area contributed by atoms with E-state index in [4.69, 9.17) is 24.3 Å². The van der Waals surface area contributed by atoms with Crippen LogP contribution in [0.15, 0.2) is 206 Å². The molecule has 10 aromatic carbocycles. The van der Waals surface area contributed by atoms with E-state index in [1.165, 1.54) is 22.1 Å². The highest BCUT2D eigenvalue weighted by Crippen LogP contribution is 2.55. The number of halogens is 1. The number of benzene rings is 10. The third-order valence-electron chi connectivity index (χ3n) is 21.4. The number of hydrogen-bond acceptors (Lipinski definition) is 8. The molecular weight excluding hydrogens is 1560 g/mol. The Morgan fingerprint density at radius 3 is 1.10 bits per heavy atom. The molecule has 10 heteroatoms. The molecule has 4 heterocycles. The van der Waals surface area contributed by atoms with Crippen molar-refractivity contribution in [2.24, 2.45) is 0 Å². The van der Waals surface area contributed by atoms with E-state index in [1.54, 1.807) is 150 Å². The maximum atomic E-state index is 10.6. The molecule has 0 N–H and O–H groups in total. The molecule has 0 saturated heterocycles. The van der Waals surface area contributed by atoms with Crippen LogP contribution in [0.25, 0.3) is 21.1 Å². The summed E-state index contributed by atoms with van der Waals surface area (Å²) in [5, 5.41) is -0.294. The normalized spacial score (nSPS) is 17.4. The van der Waals surface area contributed by atoms with E-state index in [2.05, 4.69) is 0 Å². The molecule has 0 bridgehead atoms. The third kappa shape index (κ3) is 19.3. The summed E-state index contributed by atoms with van der Waals surface area (Å²) in [6.45, 7) is 63.6. The van der Waals surface area contributed by atoms with E-state index in [0.717, 1.165) is 27.6 Å². The van der Waals surface area contributed by atoms with Crippen molar-refractivity contribution < 1.29 is 43.9 Å². The summed E-state index contributed by atoms with van der Waals surface area (Å²) >= 11 is 9.75. The molecular formula is C114H142BClN6S2. The SMILES string of the molecule is [2H]c1c([2H])c(C(C)(C)C)c([2H])c([2H])c1-c1nc2c(s1)N(c1c([2H])c(C(C)(C)C)c([2H])c(C(C)(C)C)c1[2H])c1c([2H])c(C(C)(C)C)c([2H])c3c1B2c1c([2H])c(C(C)(C)C)c([2H])c([2H])c1N3c1c([2H])c([2H])c(C(C)(C)C)c([2H])c1[2H].[2H]c1cc(N(c2c([2H])c([2H])c(C(C)(C)C)c([2H])c2[2H])c2c([2H])c(C(C)(C)C)c([2H])c(N(c3cnc(-c4c([2H])c([2H])c(C(C)(C)C)c([2H])c4[2H])s3)c3c([2H])c(C(C)(C)C)c([2H])c(C(C)(C)C)c3[2H])c2Cl)c([2H])c([2H])c1C(C)(C)C. The molecule has 14 rings (SSSR count). The standard InChI is InChI=1S/C57H70BN3S.C57H72ClN3S/c1-52(2,3)36-21-19-35(20-22-36)50-59-49-51(62-50)61(43-30-39(55(10,11)12)29-40(31-43)56(13,14)15)47-34-41(57(16,17)18)33-46-48(47)58(49)44-32-38(54(7,8)9)25-28-45(44)60(46)42-26-23-37(24-27-42)53(4,5)6;1-52(2,3)38-21-19-37(20-22-38)51-59-36-49(62-51)61(46-32-41(55(10,11)12)31-42(33-46)56(13,14)15)48-35-43(57(16,17)18)34-47(50(48)58)60(44-27-23-39(24-28-44)53(4,5)6)45-29-25-40(26-30-45)54(7,8)9/h19-34H,1-18H3;19-36H,1-18H3/i19D,20D,21D,22D,23D,24D,25D,26D,27D,28D,29D,30D,31D,32D,33D,34D;19D,20D,21D,22D,23D,24D,25D,26D,27D,28D,29D,31D,32D,33D,34D,35D. The van der Waals surface area contributed by atoms with E-state index in [9.17, 15) is 41.1 Å². The first-order valence-corrected chi connectivity index (χ1v) is 44.6. The fourth-order valence-corrected chi connectivity index (χ4v) is 15.8. The largest absolute Gasteiger partial charge is 0.311 e. The second kappa shape index (κ2) is 32.4. The third-order valence-corrected chi connectivity index (χ3v) is 23.9. The van der Waals surface area contributed by atoms with Crippen molar-refractivity contribution in [2.45, 2.75) is 314 Å². The summed E-state index contributed by atoms with van der Waals surface area (Å²) in [6.07, 6.45) is 1.34. The molecule has 2 aliphatic heterocycles. The summed E-state index contributed by atoms with van der Waals surface area (Å²) in [6, 6.07) is -9.80. The summed E-state index contributed by atoms with van der Waals surface area (Å²) < 4.78 is 312. The van der Waals surface area contributed by atoms with Gasteiger partial charge in [-0.25, -0.2) is 9.97 Å². The van der Waals surface area contributed by atoms with Gasteiger partial charge in [-0.15, -0.1) is 0 Å². The lowest BCUT2D eigenvalue weighted by Gasteiger charge is -2.44. The predicted molar refractivity (Wildman–Crippen MR) is 548 cm³/mol. The van der Waals surface area contributed by atoms with Gasteiger partial charge in [-0.2, -0.15) is 0 Å². The maximum Gasteiger partial charge on any atom is 0.276 e. The van der Waals surface area contributed by atoms with Crippen LogP contribution in [0.5, 0.6) is 0 Å². The number of hydrogen-bond donors (Lipinski definition) is 0. The Kier molecular flexibility index (Phi) is 15.4. The lowest BCUT2D eigenvalue weighted by molar-refractivity contribution is 0.568. The van der Waals surface area contributed by atoms with Crippen molar-refractivity contribution in [3.8, 4) is 21.1 Å². The van der Waals surface area contributed by atoms with Crippen LogP contribution in [-0.4, -0.2) is 16.7 Å². The molecule has 12 aromatic rings. The number of aromatic nitrogens is 2. The van der Waals surface area contributed by atoms with Gasteiger partial charge in [-0.05, 0) is 233 Å². The maximum absolute atomic E-state index is 10.6. The number of anilines is 12. The van der Waals surface area contributed by atoms with Gasteiger partial charge >= 0.3 is 0 Å². The fraction of sp³-hybridized carbons (Fsp3) is 0.421. The van der Waals surface area contributed by atoms with E-state index in [-0.39, 0.29) is 299 Å². The molecule has 0 unspecified atom stereocenters. The molecule has 2 aliphatic rings. The van der Waals surface area contributed by atoms with E-state index in [0.29, 0.717) is 0 Å². The van der Waals surface area contributed by atoms with Gasteiger partial charge in [0.2, 0.25) is 0 Å². The second-order valence-corrected chi connectivity index (χ2v) is 47.4. The highest BCUT2D eigenvalue weighted by molar-refractivity contribution is 7.22. The average molecular weight is 1740 g/mol. The summed E-state index contributed by atoms with van der Waals surface area (Å²) in [5.74, 6) is 0. The predicted octanol–water partition coefficient (Wildman–Crippen LogP) is 32.9. The van der Waals surface area contributed by atoms with Crippen molar-refractivity contribution in [1.82, 2.24) is 9.97 Å².